The Morgan fingerprint density at radius 3 is 2.47 bits per heavy atom. The smallest absolute Gasteiger partial charge is 0.394 e. The first-order valence-corrected chi connectivity index (χ1v) is 9.86. The van der Waals surface area contributed by atoms with Gasteiger partial charge in [0.15, 0.2) is 11.5 Å². The van der Waals surface area contributed by atoms with Crippen molar-refractivity contribution >= 4 is 23.6 Å². The summed E-state index contributed by atoms with van der Waals surface area (Å²) in [5.74, 6) is -2.49. The third kappa shape index (κ3) is 4.55. The van der Waals surface area contributed by atoms with Crippen molar-refractivity contribution in [2.75, 3.05) is 33.9 Å². The number of carbonyl (C=O) groups excluding carboxylic acids is 1. The van der Waals surface area contributed by atoms with E-state index < -0.39 is 17.8 Å². The van der Waals surface area contributed by atoms with E-state index in [0.717, 1.165) is 23.3 Å². The van der Waals surface area contributed by atoms with E-state index in [0.29, 0.717) is 30.9 Å². The fraction of sp³-hybridized carbons (Fsp3) is 0.524. The van der Waals surface area contributed by atoms with E-state index in [2.05, 4.69) is 4.99 Å². The number of hydrogen-bond acceptors (Lipinski definition) is 6. The molecular weight excluding hydrogens is 392 g/mol. The number of hydrogen-bond donors (Lipinski definition) is 2. The summed E-state index contributed by atoms with van der Waals surface area (Å²) >= 11 is 0. The number of methoxy groups -OCH3 is 2. The highest BCUT2D eigenvalue weighted by Crippen LogP contribution is 2.36. The molecule has 1 aromatic carbocycles. The largest absolute Gasteiger partial charge is 0.493 e. The molecule has 1 saturated heterocycles. The second-order valence-electron chi connectivity index (χ2n) is 7.61. The van der Waals surface area contributed by atoms with Gasteiger partial charge in [-0.3, -0.25) is 14.6 Å². The highest BCUT2D eigenvalue weighted by Gasteiger charge is 2.36. The number of nitrogens with zero attached hydrogens (tertiary/aromatic N) is 2. The molecular formula is C21H26N2O7. The van der Waals surface area contributed by atoms with Crippen LogP contribution in [-0.4, -0.2) is 72.5 Å². The van der Waals surface area contributed by atoms with Gasteiger partial charge in [0, 0.05) is 37.3 Å². The molecule has 162 valence electrons. The Balaban J connectivity index is 1.87. The normalized spacial score (nSPS) is 20.7. The predicted octanol–water partition coefficient (Wildman–Crippen LogP) is 1.46. The number of fused-ring (bicyclic) bond motifs is 1. The van der Waals surface area contributed by atoms with Gasteiger partial charge in [-0.2, -0.15) is 0 Å². The van der Waals surface area contributed by atoms with Gasteiger partial charge in [0.25, 0.3) is 0 Å². The quantitative estimate of drug-likeness (QED) is 0.670. The van der Waals surface area contributed by atoms with Crippen molar-refractivity contribution in [1.29, 1.82) is 0 Å². The number of carbonyl (C=O) groups is 3. The number of carboxylic acid groups (broad SMARTS) is 2. The van der Waals surface area contributed by atoms with E-state index in [9.17, 15) is 19.5 Å². The van der Waals surface area contributed by atoms with Crippen molar-refractivity contribution < 1.29 is 34.1 Å². The van der Waals surface area contributed by atoms with Crippen LogP contribution in [0.4, 0.5) is 0 Å². The highest BCUT2D eigenvalue weighted by atomic mass is 16.5. The van der Waals surface area contributed by atoms with Gasteiger partial charge >= 0.3 is 17.8 Å². The number of likely N-dealkylation sites (tertiary alicyclic amines) is 1. The third-order valence-electron chi connectivity index (χ3n) is 5.86. The van der Waals surface area contributed by atoms with Crippen molar-refractivity contribution in [2.24, 2.45) is 16.8 Å². The monoisotopic (exact) mass is 418 g/mol. The standard InChI is InChI=1S/C21H26N2O7/c1-29-17-8-13-3-5-22-16(15(13)10-18(17)30-2)7-14-11-23(20(26)21(27)28)6-4-12(14)9-19(24)25/h8,10,12,14H,3-7,9,11H2,1-2H3,(H,24,25)(H,27,28). The minimum absolute atomic E-state index is 0.0220. The molecule has 2 atom stereocenters. The van der Waals surface area contributed by atoms with Crippen LogP contribution < -0.4 is 9.47 Å². The second kappa shape index (κ2) is 9.15. The molecule has 2 unspecified atom stereocenters. The summed E-state index contributed by atoms with van der Waals surface area (Å²) < 4.78 is 10.8. The van der Waals surface area contributed by atoms with Gasteiger partial charge in [-0.1, -0.05) is 0 Å². The van der Waals surface area contributed by atoms with Crippen LogP contribution in [0.2, 0.25) is 0 Å². The molecule has 3 rings (SSSR count). The van der Waals surface area contributed by atoms with Crippen LogP contribution in [0.5, 0.6) is 11.5 Å². The molecule has 0 radical (unpaired) electrons. The molecule has 0 aromatic heterocycles. The van der Waals surface area contributed by atoms with Crippen molar-refractivity contribution in [3.05, 3.63) is 23.3 Å². The molecule has 1 aromatic rings. The lowest BCUT2D eigenvalue weighted by atomic mass is 9.78. The molecule has 0 saturated carbocycles. The minimum Gasteiger partial charge on any atom is -0.493 e. The molecule has 0 spiro atoms. The number of rotatable bonds is 6. The fourth-order valence-electron chi connectivity index (χ4n) is 4.34. The van der Waals surface area contributed by atoms with Crippen molar-refractivity contribution in [3.8, 4) is 11.5 Å². The van der Waals surface area contributed by atoms with Gasteiger partial charge in [-0.25, -0.2) is 4.79 Å². The Bertz CT molecular complexity index is 880. The Kier molecular flexibility index (Phi) is 6.59. The van der Waals surface area contributed by atoms with Crippen LogP contribution in [0, 0.1) is 11.8 Å². The number of carboxylic acids is 2. The van der Waals surface area contributed by atoms with Crippen molar-refractivity contribution in [3.63, 3.8) is 0 Å². The van der Waals surface area contributed by atoms with Gasteiger partial charge < -0.3 is 24.6 Å². The Morgan fingerprint density at radius 1 is 1.13 bits per heavy atom. The van der Waals surface area contributed by atoms with Crippen LogP contribution in [-0.2, 0) is 20.8 Å². The number of ether oxygens (including phenoxy) is 2. The van der Waals surface area contributed by atoms with E-state index in [-0.39, 0.29) is 31.3 Å². The van der Waals surface area contributed by atoms with Crippen LogP contribution in [0.3, 0.4) is 0 Å². The minimum atomic E-state index is -1.50. The van der Waals surface area contributed by atoms with E-state index in [1.54, 1.807) is 14.2 Å². The van der Waals surface area contributed by atoms with E-state index in [1.807, 2.05) is 12.1 Å². The predicted molar refractivity (Wildman–Crippen MR) is 107 cm³/mol. The fourth-order valence-corrected chi connectivity index (χ4v) is 4.34. The summed E-state index contributed by atoms with van der Waals surface area (Å²) in [5.41, 5.74) is 2.82. The summed E-state index contributed by atoms with van der Waals surface area (Å²) in [6.45, 7) is 1.05. The lowest BCUT2D eigenvalue weighted by Crippen LogP contribution is -2.47. The summed E-state index contributed by atoms with van der Waals surface area (Å²) in [6, 6.07) is 3.81. The van der Waals surface area contributed by atoms with Crippen LogP contribution in [0.15, 0.2) is 17.1 Å². The topological polar surface area (TPSA) is 126 Å². The number of piperidine rings is 1. The Morgan fingerprint density at radius 2 is 1.83 bits per heavy atom. The van der Waals surface area contributed by atoms with E-state index in [4.69, 9.17) is 14.6 Å². The maximum absolute atomic E-state index is 12.0. The van der Waals surface area contributed by atoms with Crippen LogP contribution in [0.25, 0.3) is 0 Å². The molecule has 2 N–H and O–H groups in total. The molecule has 9 heteroatoms. The maximum Gasteiger partial charge on any atom is 0.394 e. The average Bonchev–Trinajstić information content (AvgIpc) is 2.73. The summed E-state index contributed by atoms with van der Waals surface area (Å²) in [7, 11) is 3.14. The third-order valence-corrected chi connectivity index (χ3v) is 5.86. The summed E-state index contributed by atoms with van der Waals surface area (Å²) in [5, 5.41) is 18.4. The molecule has 2 aliphatic heterocycles. The zero-order valence-corrected chi connectivity index (χ0v) is 17.1. The second-order valence-corrected chi connectivity index (χ2v) is 7.61. The Hall–Kier alpha value is -3.10. The van der Waals surface area contributed by atoms with Crippen molar-refractivity contribution in [1.82, 2.24) is 4.90 Å². The zero-order chi connectivity index (χ0) is 21.8. The Labute approximate surface area is 174 Å². The number of amides is 1. The first kappa shape index (κ1) is 21.6. The highest BCUT2D eigenvalue weighted by molar-refractivity contribution is 6.31. The van der Waals surface area contributed by atoms with Crippen LogP contribution >= 0.6 is 0 Å². The van der Waals surface area contributed by atoms with Gasteiger partial charge in [-0.05, 0) is 48.8 Å². The molecule has 2 heterocycles. The molecule has 1 amide bonds. The first-order valence-electron chi connectivity index (χ1n) is 9.86. The van der Waals surface area contributed by atoms with E-state index in [1.165, 1.54) is 4.90 Å². The molecule has 1 fully saturated rings. The van der Waals surface area contributed by atoms with Crippen molar-refractivity contribution in [2.45, 2.75) is 25.7 Å². The summed E-state index contributed by atoms with van der Waals surface area (Å²) in [6.07, 6.45) is 1.64. The number of aliphatic carboxylic acids is 2. The average molecular weight is 418 g/mol. The summed E-state index contributed by atoms with van der Waals surface area (Å²) in [4.78, 5) is 40.4. The van der Waals surface area contributed by atoms with Gasteiger partial charge in [0.2, 0.25) is 0 Å². The maximum atomic E-state index is 12.0. The van der Waals surface area contributed by atoms with Gasteiger partial charge in [-0.15, -0.1) is 0 Å². The van der Waals surface area contributed by atoms with Gasteiger partial charge in [0.1, 0.15) is 0 Å². The zero-order valence-electron chi connectivity index (χ0n) is 17.1. The lowest BCUT2D eigenvalue weighted by Gasteiger charge is -2.38. The first-order chi connectivity index (χ1) is 14.3. The molecule has 0 bridgehead atoms. The SMILES string of the molecule is COc1cc2c(cc1OC)C(CC1CN(C(=O)C(=O)O)CCC1CC(=O)O)=NCC2. The van der Waals surface area contributed by atoms with Gasteiger partial charge in [0.05, 0.1) is 14.2 Å². The number of aliphatic imine (C=N–C) groups is 1. The molecule has 2 aliphatic rings. The number of benzene rings is 1. The van der Waals surface area contributed by atoms with E-state index >= 15 is 0 Å². The lowest BCUT2D eigenvalue weighted by molar-refractivity contribution is -0.157. The molecule has 9 nitrogen and oxygen atoms in total. The molecule has 0 aliphatic carbocycles. The van der Waals surface area contributed by atoms with Crippen LogP contribution in [0.1, 0.15) is 30.4 Å². The molecule has 30 heavy (non-hydrogen) atoms.